The van der Waals surface area contributed by atoms with Crippen molar-refractivity contribution in [2.24, 2.45) is 11.5 Å². The molecule has 0 aromatic carbocycles. The molecule has 0 radical (unpaired) electrons. The van der Waals surface area contributed by atoms with Crippen molar-refractivity contribution < 1.29 is 4.79 Å². The smallest absolute Gasteiger partial charge is 0.221 e. The summed E-state index contributed by atoms with van der Waals surface area (Å²) in [5, 5.41) is 2.69. The van der Waals surface area contributed by atoms with Crippen LogP contribution in [-0.4, -0.2) is 25.5 Å². The number of hydrogen-bond donors (Lipinski definition) is 3. The van der Waals surface area contributed by atoms with E-state index in [1.54, 1.807) is 0 Å². The van der Waals surface area contributed by atoms with Crippen LogP contribution in [0.1, 0.15) is 26.7 Å². The molecular weight excluding hydrogens is 154 g/mol. The normalized spacial score (nSPS) is 8.33. The highest BCUT2D eigenvalue weighted by molar-refractivity contribution is 5.75. The molecule has 0 fully saturated rings. The van der Waals surface area contributed by atoms with Gasteiger partial charge in [0.1, 0.15) is 0 Å². The number of carbonyl (C=O) groups is 1. The molecule has 1 amide bonds. The molecule has 0 aliphatic rings. The third-order valence-corrected chi connectivity index (χ3v) is 1.07. The molecule has 4 nitrogen and oxygen atoms in total. The molecule has 0 unspecified atom stereocenters. The summed E-state index contributed by atoms with van der Waals surface area (Å²) in [6.07, 6.45) is 1.24. The van der Waals surface area contributed by atoms with E-state index in [0.29, 0.717) is 26.1 Å². The Balaban J connectivity index is 0. The maximum absolute atomic E-state index is 10.7. The lowest BCUT2D eigenvalue weighted by molar-refractivity contribution is -0.120. The van der Waals surface area contributed by atoms with Crippen molar-refractivity contribution >= 4 is 5.91 Å². The predicted octanol–water partition coefficient (Wildman–Crippen LogP) is -0.174. The van der Waals surface area contributed by atoms with Gasteiger partial charge in [0.2, 0.25) is 5.91 Å². The van der Waals surface area contributed by atoms with Gasteiger partial charge >= 0.3 is 0 Å². The van der Waals surface area contributed by atoms with E-state index in [1.807, 2.05) is 13.8 Å². The molecule has 4 heteroatoms. The Kier molecular flexibility index (Phi) is 15.1. The van der Waals surface area contributed by atoms with Crippen molar-refractivity contribution in [2.75, 3.05) is 19.6 Å². The van der Waals surface area contributed by atoms with E-state index < -0.39 is 0 Å². The largest absolute Gasteiger partial charge is 0.356 e. The molecular formula is C8H21N3O. The van der Waals surface area contributed by atoms with E-state index in [-0.39, 0.29) is 5.91 Å². The van der Waals surface area contributed by atoms with Crippen molar-refractivity contribution in [3.05, 3.63) is 0 Å². The summed E-state index contributed by atoms with van der Waals surface area (Å²) in [6, 6.07) is 0. The number of amides is 1. The average molecular weight is 175 g/mol. The van der Waals surface area contributed by atoms with E-state index >= 15 is 0 Å². The molecule has 0 aromatic rings. The molecule has 12 heavy (non-hydrogen) atoms. The first kappa shape index (κ1) is 13.9. The van der Waals surface area contributed by atoms with Gasteiger partial charge < -0.3 is 16.8 Å². The molecule has 0 aromatic heterocycles. The summed E-state index contributed by atoms with van der Waals surface area (Å²) in [5.74, 6) is 0.0101. The Morgan fingerprint density at radius 2 is 1.83 bits per heavy atom. The van der Waals surface area contributed by atoms with E-state index in [2.05, 4.69) is 5.32 Å². The molecule has 0 spiro atoms. The number of carbonyl (C=O) groups excluding carboxylic acids is 1. The highest BCUT2D eigenvalue weighted by Gasteiger charge is 1.95. The van der Waals surface area contributed by atoms with Crippen molar-refractivity contribution in [3.8, 4) is 0 Å². The van der Waals surface area contributed by atoms with Crippen molar-refractivity contribution in [1.82, 2.24) is 5.32 Å². The zero-order chi connectivity index (χ0) is 9.82. The van der Waals surface area contributed by atoms with Gasteiger partial charge in [0.25, 0.3) is 0 Å². The van der Waals surface area contributed by atoms with E-state index in [0.717, 1.165) is 6.42 Å². The first-order chi connectivity index (χ1) is 5.81. The van der Waals surface area contributed by atoms with Gasteiger partial charge in [-0.1, -0.05) is 13.8 Å². The van der Waals surface area contributed by atoms with Crippen LogP contribution in [0, 0.1) is 0 Å². The number of nitrogens with two attached hydrogens (primary N) is 2. The maximum Gasteiger partial charge on any atom is 0.221 e. The summed E-state index contributed by atoms with van der Waals surface area (Å²) in [4.78, 5) is 10.7. The Bertz CT molecular complexity index is 96.3. The fraction of sp³-hybridized carbons (Fsp3) is 0.875. The molecule has 0 bridgehead atoms. The second kappa shape index (κ2) is 13.0. The standard InChI is InChI=1S/C6H15N3O.C2H6/c7-3-1-5-9-6(10)2-4-8;1-2/h1-5,7-8H2,(H,9,10);1-2H3. The summed E-state index contributed by atoms with van der Waals surface area (Å²) >= 11 is 0. The first-order valence-corrected chi connectivity index (χ1v) is 4.48. The van der Waals surface area contributed by atoms with Crippen LogP contribution in [0.4, 0.5) is 0 Å². The zero-order valence-electron chi connectivity index (χ0n) is 8.10. The Morgan fingerprint density at radius 3 is 2.25 bits per heavy atom. The van der Waals surface area contributed by atoms with Crippen LogP contribution >= 0.6 is 0 Å². The lowest BCUT2D eigenvalue weighted by Gasteiger charge is -2.00. The maximum atomic E-state index is 10.7. The Labute approximate surface area is 74.7 Å². The van der Waals surface area contributed by atoms with Gasteiger partial charge in [-0.05, 0) is 13.0 Å². The molecule has 0 rings (SSSR count). The van der Waals surface area contributed by atoms with Crippen LogP contribution in [0.25, 0.3) is 0 Å². The minimum Gasteiger partial charge on any atom is -0.356 e. The van der Waals surface area contributed by atoms with Crippen LogP contribution in [-0.2, 0) is 4.79 Å². The quantitative estimate of drug-likeness (QED) is 0.507. The minimum atomic E-state index is 0.0101. The van der Waals surface area contributed by atoms with Crippen molar-refractivity contribution in [2.45, 2.75) is 26.7 Å². The van der Waals surface area contributed by atoms with Crippen molar-refractivity contribution in [3.63, 3.8) is 0 Å². The first-order valence-electron chi connectivity index (χ1n) is 4.48. The van der Waals surface area contributed by atoms with Crippen LogP contribution in [0.3, 0.4) is 0 Å². The van der Waals surface area contributed by atoms with Crippen molar-refractivity contribution in [1.29, 1.82) is 0 Å². The summed E-state index contributed by atoms with van der Waals surface area (Å²) in [7, 11) is 0. The molecule has 0 heterocycles. The number of rotatable bonds is 5. The molecule has 0 atom stereocenters. The fourth-order valence-electron chi connectivity index (χ4n) is 0.549. The number of nitrogens with one attached hydrogen (secondary N) is 1. The lowest BCUT2D eigenvalue weighted by Crippen LogP contribution is -2.27. The molecule has 74 valence electrons. The molecule has 0 saturated carbocycles. The monoisotopic (exact) mass is 175 g/mol. The molecule has 5 N–H and O–H groups in total. The van der Waals surface area contributed by atoms with Gasteiger partial charge in [0.15, 0.2) is 0 Å². The third kappa shape index (κ3) is 12.1. The fourth-order valence-corrected chi connectivity index (χ4v) is 0.549. The topological polar surface area (TPSA) is 81.1 Å². The van der Waals surface area contributed by atoms with E-state index in [4.69, 9.17) is 11.5 Å². The highest BCUT2D eigenvalue weighted by Crippen LogP contribution is 1.75. The van der Waals surface area contributed by atoms with Crippen LogP contribution in [0.2, 0.25) is 0 Å². The van der Waals surface area contributed by atoms with E-state index in [9.17, 15) is 4.79 Å². The van der Waals surface area contributed by atoms with Gasteiger partial charge in [-0.2, -0.15) is 0 Å². The highest BCUT2D eigenvalue weighted by atomic mass is 16.1. The van der Waals surface area contributed by atoms with Gasteiger partial charge in [-0.15, -0.1) is 0 Å². The second-order valence-electron chi connectivity index (χ2n) is 2.03. The summed E-state index contributed by atoms with van der Waals surface area (Å²) < 4.78 is 0. The van der Waals surface area contributed by atoms with Gasteiger partial charge in [-0.25, -0.2) is 0 Å². The summed E-state index contributed by atoms with van der Waals surface area (Å²) in [5.41, 5.74) is 10.4. The van der Waals surface area contributed by atoms with E-state index in [1.165, 1.54) is 0 Å². The van der Waals surface area contributed by atoms with Gasteiger partial charge in [0.05, 0.1) is 0 Å². The Morgan fingerprint density at radius 1 is 1.25 bits per heavy atom. The lowest BCUT2D eigenvalue weighted by atomic mass is 10.4. The van der Waals surface area contributed by atoms with Crippen LogP contribution < -0.4 is 16.8 Å². The Hall–Kier alpha value is -0.610. The molecule has 0 saturated heterocycles. The second-order valence-corrected chi connectivity index (χ2v) is 2.03. The minimum absolute atomic E-state index is 0.0101. The summed E-state index contributed by atoms with van der Waals surface area (Å²) in [6.45, 7) is 5.69. The van der Waals surface area contributed by atoms with Gasteiger partial charge in [0, 0.05) is 19.5 Å². The molecule has 0 aliphatic carbocycles. The van der Waals surface area contributed by atoms with Gasteiger partial charge in [-0.3, -0.25) is 4.79 Å². The molecule has 0 aliphatic heterocycles. The SMILES string of the molecule is CC.NCCCNC(=O)CCN. The van der Waals surface area contributed by atoms with Crippen LogP contribution in [0.15, 0.2) is 0 Å². The number of hydrogen-bond acceptors (Lipinski definition) is 3. The zero-order valence-corrected chi connectivity index (χ0v) is 8.10. The average Bonchev–Trinajstić information content (AvgIpc) is 2.09. The van der Waals surface area contributed by atoms with Crippen LogP contribution in [0.5, 0.6) is 0 Å². The third-order valence-electron chi connectivity index (χ3n) is 1.07. The predicted molar refractivity (Wildman–Crippen MR) is 51.7 cm³/mol.